The third kappa shape index (κ3) is 4.68. The van der Waals surface area contributed by atoms with E-state index in [1.807, 2.05) is 56.3 Å². The fourth-order valence-corrected chi connectivity index (χ4v) is 6.92. The summed E-state index contributed by atoms with van der Waals surface area (Å²) < 4.78 is 27.2. The minimum absolute atomic E-state index is 0.0814. The maximum absolute atomic E-state index is 12.9. The maximum atomic E-state index is 12.9. The van der Waals surface area contributed by atoms with Crippen molar-refractivity contribution in [3.05, 3.63) is 23.7 Å². The van der Waals surface area contributed by atoms with Gasteiger partial charge in [-0.15, -0.1) is 0 Å². The molecule has 6 heterocycles. The van der Waals surface area contributed by atoms with Gasteiger partial charge in [0.2, 0.25) is 0 Å². The van der Waals surface area contributed by atoms with E-state index in [9.17, 15) is 4.79 Å². The van der Waals surface area contributed by atoms with Crippen molar-refractivity contribution in [2.75, 3.05) is 26.2 Å². The van der Waals surface area contributed by atoms with Crippen LogP contribution in [-0.2, 0) is 18.9 Å². The molecule has 4 aliphatic heterocycles. The first kappa shape index (κ1) is 26.3. The molecule has 1 amide bonds. The summed E-state index contributed by atoms with van der Waals surface area (Å²) in [6.07, 6.45) is 6.20. The lowest BCUT2D eigenvalue weighted by Gasteiger charge is -2.46. The van der Waals surface area contributed by atoms with E-state index >= 15 is 0 Å². The van der Waals surface area contributed by atoms with Crippen molar-refractivity contribution in [3.63, 3.8) is 0 Å². The molecule has 4 aliphatic rings. The van der Waals surface area contributed by atoms with Crippen LogP contribution in [0.25, 0.3) is 11.0 Å². The Balaban J connectivity index is 1.24. The van der Waals surface area contributed by atoms with Crippen molar-refractivity contribution in [1.82, 2.24) is 24.3 Å². The first-order valence-electron chi connectivity index (χ1n) is 13.7. The number of carbonyl (C=O) groups excluding carboxylic acids is 1. The Bertz CT molecular complexity index is 1210. The van der Waals surface area contributed by atoms with E-state index in [1.54, 1.807) is 0 Å². The molecule has 10 nitrogen and oxygen atoms in total. The molecule has 1 spiro atoms. The second-order valence-corrected chi connectivity index (χ2v) is 12.9. The Hall–Kier alpha value is -1.98. The van der Waals surface area contributed by atoms with E-state index in [0.717, 1.165) is 44.2 Å². The number of fused-ring (bicyclic) bond motifs is 2. The summed E-state index contributed by atoms with van der Waals surface area (Å²) >= 11 is 6.32. The van der Waals surface area contributed by atoms with Crippen molar-refractivity contribution < 1.29 is 23.7 Å². The molecule has 6 rings (SSSR count). The van der Waals surface area contributed by atoms with Gasteiger partial charge in [-0.25, -0.2) is 14.8 Å². The van der Waals surface area contributed by atoms with E-state index in [1.165, 1.54) is 6.33 Å². The van der Waals surface area contributed by atoms with Gasteiger partial charge in [-0.05, 0) is 72.9 Å². The van der Waals surface area contributed by atoms with Crippen LogP contribution in [0.3, 0.4) is 0 Å². The summed E-state index contributed by atoms with van der Waals surface area (Å²) in [6, 6.07) is 1.91. The molecule has 2 aromatic heterocycles. The highest BCUT2D eigenvalue weighted by Gasteiger charge is 2.57. The third-order valence-corrected chi connectivity index (χ3v) is 8.51. The Labute approximate surface area is 228 Å². The van der Waals surface area contributed by atoms with Gasteiger partial charge >= 0.3 is 6.09 Å². The van der Waals surface area contributed by atoms with Gasteiger partial charge in [-0.2, -0.15) is 0 Å². The molecular formula is C27H38ClN5O5. The molecule has 4 fully saturated rings. The molecular weight excluding hydrogens is 510 g/mol. The summed E-state index contributed by atoms with van der Waals surface area (Å²) in [7, 11) is 0. The van der Waals surface area contributed by atoms with Gasteiger partial charge in [0, 0.05) is 31.4 Å². The van der Waals surface area contributed by atoms with Crippen LogP contribution in [0.4, 0.5) is 4.79 Å². The minimum atomic E-state index is -0.716. The summed E-state index contributed by atoms with van der Waals surface area (Å²) in [6.45, 7) is 12.7. The van der Waals surface area contributed by atoms with Crippen LogP contribution < -0.4 is 0 Å². The first-order valence-corrected chi connectivity index (χ1v) is 14.0. The second-order valence-electron chi connectivity index (χ2n) is 12.5. The monoisotopic (exact) mass is 547 g/mol. The van der Waals surface area contributed by atoms with Crippen molar-refractivity contribution >= 4 is 28.7 Å². The average Bonchev–Trinajstić information content (AvgIpc) is 3.57. The van der Waals surface area contributed by atoms with Gasteiger partial charge < -0.3 is 28.4 Å². The number of hydrogen-bond donors (Lipinski definition) is 0. The lowest BCUT2D eigenvalue weighted by molar-refractivity contribution is -0.199. The molecule has 5 atom stereocenters. The predicted octanol–water partition coefficient (Wildman–Crippen LogP) is 4.37. The number of piperidine rings is 1. The number of ether oxygens (including phenoxy) is 4. The third-order valence-electron chi connectivity index (χ3n) is 8.21. The smallest absolute Gasteiger partial charge is 0.410 e. The van der Waals surface area contributed by atoms with Crippen LogP contribution in [0, 0.1) is 0 Å². The molecule has 2 aromatic rings. The maximum Gasteiger partial charge on any atom is 0.410 e. The lowest BCUT2D eigenvalue weighted by Crippen LogP contribution is -2.59. The number of likely N-dealkylation sites (tertiary alicyclic amines) is 2. The molecule has 208 valence electrons. The number of hydrogen-bond acceptors (Lipinski definition) is 8. The Morgan fingerprint density at radius 2 is 1.89 bits per heavy atom. The Kier molecular flexibility index (Phi) is 6.42. The summed E-state index contributed by atoms with van der Waals surface area (Å²) in [4.78, 5) is 25.9. The van der Waals surface area contributed by atoms with Gasteiger partial charge in [0.25, 0.3) is 0 Å². The van der Waals surface area contributed by atoms with E-state index in [0.29, 0.717) is 23.9 Å². The summed E-state index contributed by atoms with van der Waals surface area (Å²) in [5.74, 6) is -0.716. The first-order chi connectivity index (χ1) is 17.9. The zero-order chi connectivity index (χ0) is 26.9. The van der Waals surface area contributed by atoms with E-state index < -0.39 is 17.6 Å². The van der Waals surface area contributed by atoms with Crippen LogP contribution >= 0.6 is 11.6 Å². The number of rotatable bonds is 3. The normalized spacial score (nSPS) is 33.4. The van der Waals surface area contributed by atoms with E-state index in [-0.39, 0.29) is 29.9 Å². The quantitative estimate of drug-likeness (QED) is 0.523. The molecule has 0 radical (unpaired) electrons. The summed E-state index contributed by atoms with van der Waals surface area (Å²) in [5.41, 5.74) is 0.117. The van der Waals surface area contributed by atoms with Gasteiger partial charge in [-0.3, -0.25) is 4.90 Å². The zero-order valence-electron chi connectivity index (χ0n) is 22.9. The minimum Gasteiger partial charge on any atom is -0.444 e. The SMILES string of the molecule is CC(C)(C)OC(=O)N1CCCC2(CCCN2C[C@H]2O[C@@H](n3ccc4c(Cl)ncnc43)[C@@H]3OC(C)(C)O[C@@H]32)C1. The summed E-state index contributed by atoms with van der Waals surface area (Å²) in [5, 5.41) is 1.19. The number of halogens is 1. The van der Waals surface area contributed by atoms with Gasteiger partial charge in [0.1, 0.15) is 41.0 Å². The predicted molar refractivity (Wildman–Crippen MR) is 141 cm³/mol. The van der Waals surface area contributed by atoms with Gasteiger partial charge in [0.15, 0.2) is 12.0 Å². The van der Waals surface area contributed by atoms with Crippen molar-refractivity contribution in [1.29, 1.82) is 0 Å². The molecule has 38 heavy (non-hydrogen) atoms. The largest absolute Gasteiger partial charge is 0.444 e. The molecule has 0 N–H and O–H groups in total. The lowest BCUT2D eigenvalue weighted by atomic mass is 9.86. The standard InChI is InChI=1S/C27H38ClN5O5/c1-25(2,3)38-24(34)31-11-6-9-27(15-31)10-7-12-32(27)14-18-19-20(37-26(4,5)36-19)23(35-18)33-13-8-17-21(28)29-16-30-22(17)33/h8,13,16,18-20,23H,6-7,9-12,14-15H2,1-5H3/t18-,19-,20-,23-,27?/m1/s1. The second kappa shape index (κ2) is 9.30. The Morgan fingerprint density at radius 3 is 2.66 bits per heavy atom. The molecule has 0 aromatic carbocycles. The molecule has 11 heteroatoms. The average molecular weight is 548 g/mol. The van der Waals surface area contributed by atoms with Crippen LogP contribution in [-0.4, -0.2) is 91.8 Å². The number of nitrogens with zero attached hydrogens (tertiary/aromatic N) is 5. The highest BCUT2D eigenvalue weighted by Crippen LogP contribution is 2.46. The van der Waals surface area contributed by atoms with Crippen LogP contribution in [0.15, 0.2) is 18.6 Å². The van der Waals surface area contributed by atoms with Crippen molar-refractivity contribution in [2.45, 2.75) is 102 Å². The van der Waals surface area contributed by atoms with Crippen LogP contribution in [0.2, 0.25) is 5.15 Å². The fraction of sp³-hybridized carbons (Fsp3) is 0.741. The Morgan fingerprint density at radius 1 is 1.16 bits per heavy atom. The highest BCUT2D eigenvalue weighted by atomic mass is 35.5. The van der Waals surface area contributed by atoms with E-state index in [4.69, 9.17) is 30.5 Å². The zero-order valence-corrected chi connectivity index (χ0v) is 23.6. The van der Waals surface area contributed by atoms with Crippen molar-refractivity contribution in [3.8, 4) is 0 Å². The van der Waals surface area contributed by atoms with Gasteiger partial charge in [-0.1, -0.05) is 11.6 Å². The molecule has 0 bridgehead atoms. The topological polar surface area (TPSA) is 91.2 Å². The molecule has 1 unspecified atom stereocenters. The number of amides is 1. The molecule has 4 saturated heterocycles. The number of aromatic nitrogens is 3. The van der Waals surface area contributed by atoms with Crippen molar-refractivity contribution in [2.24, 2.45) is 0 Å². The van der Waals surface area contributed by atoms with Crippen LogP contribution in [0.5, 0.6) is 0 Å². The molecule has 0 aliphatic carbocycles. The number of carbonyl (C=O) groups is 1. The van der Waals surface area contributed by atoms with E-state index in [2.05, 4.69) is 14.9 Å². The van der Waals surface area contributed by atoms with Gasteiger partial charge in [0.05, 0.1) is 5.39 Å². The van der Waals surface area contributed by atoms with Crippen LogP contribution in [0.1, 0.15) is 66.5 Å². The fourth-order valence-electron chi connectivity index (χ4n) is 6.73. The highest BCUT2D eigenvalue weighted by molar-refractivity contribution is 6.33. The molecule has 0 saturated carbocycles.